The summed E-state index contributed by atoms with van der Waals surface area (Å²) in [7, 11) is 3.25. The van der Waals surface area contributed by atoms with Crippen molar-refractivity contribution in [1.29, 1.82) is 0 Å². The Morgan fingerprint density at radius 2 is 1.75 bits per heavy atom. The van der Waals surface area contributed by atoms with Gasteiger partial charge in [0.05, 0.1) is 25.3 Å². The van der Waals surface area contributed by atoms with E-state index in [4.69, 9.17) is 14.5 Å². The summed E-state index contributed by atoms with van der Waals surface area (Å²) >= 11 is 0. The maximum Gasteiger partial charge on any atom is 0.242 e. The Labute approximate surface area is 165 Å². The molecule has 3 aromatic rings. The summed E-state index contributed by atoms with van der Waals surface area (Å²) in [5.41, 5.74) is 2.91. The Balaban J connectivity index is 1.98. The molecule has 6 heteroatoms. The zero-order valence-electron chi connectivity index (χ0n) is 16.9. The van der Waals surface area contributed by atoms with Gasteiger partial charge in [-0.2, -0.15) is 0 Å². The number of carbonyl (C=O) groups is 1. The summed E-state index contributed by atoms with van der Waals surface area (Å²) in [5, 5.41) is 0. The zero-order chi connectivity index (χ0) is 20.1. The second kappa shape index (κ2) is 8.78. The van der Waals surface area contributed by atoms with Crippen LogP contribution in [0.5, 0.6) is 11.5 Å². The molecule has 0 saturated heterocycles. The van der Waals surface area contributed by atoms with Gasteiger partial charge in [-0.25, -0.2) is 4.98 Å². The Bertz CT molecular complexity index is 961. The minimum atomic E-state index is 0.0988. The molecule has 0 fully saturated rings. The molecule has 2 aromatic carbocycles. The fourth-order valence-electron chi connectivity index (χ4n) is 3.42. The van der Waals surface area contributed by atoms with Gasteiger partial charge in [0.1, 0.15) is 12.4 Å². The number of amides is 1. The van der Waals surface area contributed by atoms with Crippen molar-refractivity contribution in [3.05, 3.63) is 53.9 Å². The maximum atomic E-state index is 12.7. The SMILES string of the molecule is CCN(CC)C(=O)Cn1c(Cc2ccc(OC)c(OC)c2)nc2ccccc21. The molecule has 28 heavy (non-hydrogen) atoms. The molecular formula is C22H27N3O3. The van der Waals surface area contributed by atoms with Crippen LogP contribution in [0.15, 0.2) is 42.5 Å². The largest absolute Gasteiger partial charge is 0.493 e. The van der Waals surface area contributed by atoms with Gasteiger partial charge in [-0.3, -0.25) is 4.79 Å². The third-order valence-electron chi connectivity index (χ3n) is 4.95. The van der Waals surface area contributed by atoms with E-state index in [1.54, 1.807) is 14.2 Å². The van der Waals surface area contributed by atoms with Crippen LogP contribution in [0.2, 0.25) is 0 Å². The van der Waals surface area contributed by atoms with E-state index in [9.17, 15) is 4.79 Å². The number of carbonyl (C=O) groups excluding carboxylic acids is 1. The quantitative estimate of drug-likeness (QED) is 0.599. The number of likely N-dealkylation sites (N-methyl/N-ethyl adjacent to an activating group) is 1. The van der Waals surface area contributed by atoms with Gasteiger partial charge < -0.3 is 18.9 Å². The van der Waals surface area contributed by atoms with Crippen LogP contribution in [0.25, 0.3) is 11.0 Å². The van der Waals surface area contributed by atoms with E-state index in [0.717, 1.165) is 22.4 Å². The highest BCUT2D eigenvalue weighted by Gasteiger charge is 2.17. The molecule has 0 radical (unpaired) electrons. The lowest BCUT2D eigenvalue weighted by Crippen LogP contribution is -2.33. The van der Waals surface area contributed by atoms with Crippen LogP contribution in [-0.2, 0) is 17.8 Å². The molecule has 0 N–H and O–H groups in total. The first-order chi connectivity index (χ1) is 13.6. The van der Waals surface area contributed by atoms with E-state index < -0.39 is 0 Å². The van der Waals surface area contributed by atoms with Crippen molar-refractivity contribution in [2.24, 2.45) is 0 Å². The summed E-state index contributed by atoms with van der Waals surface area (Å²) in [6.07, 6.45) is 0.598. The maximum absolute atomic E-state index is 12.7. The van der Waals surface area contributed by atoms with Gasteiger partial charge in [-0.15, -0.1) is 0 Å². The monoisotopic (exact) mass is 381 g/mol. The molecule has 0 aliphatic carbocycles. The first-order valence-corrected chi connectivity index (χ1v) is 9.54. The molecule has 148 valence electrons. The highest BCUT2D eigenvalue weighted by atomic mass is 16.5. The van der Waals surface area contributed by atoms with Gasteiger partial charge in [-0.05, 0) is 43.7 Å². The molecule has 1 aromatic heterocycles. The van der Waals surface area contributed by atoms with Gasteiger partial charge in [0.2, 0.25) is 5.91 Å². The molecule has 1 amide bonds. The van der Waals surface area contributed by atoms with Gasteiger partial charge in [0, 0.05) is 19.5 Å². The third-order valence-corrected chi connectivity index (χ3v) is 4.95. The number of imidazole rings is 1. The van der Waals surface area contributed by atoms with Crippen molar-refractivity contribution < 1.29 is 14.3 Å². The molecule has 0 spiro atoms. The summed E-state index contributed by atoms with van der Waals surface area (Å²) in [5.74, 6) is 2.33. The number of benzene rings is 2. The smallest absolute Gasteiger partial charge is 0.242 e. The van der Waals surface area contributed by atoms with Gasteiger partial charge in [-0.1, -0.05) is 18.2 Å². The fourth-order valence-corrected chi connectivity index (χ4v) is 3.42. The number of ether oxygens (including phenoxy) is 2. The van der Waals surface area contributed by atoms with Crippen LogP contribution in [0.3, 0.4) is 0 Å². The fraction of sp³-hybridized carbons (Fsp3) is 0.364. The lowest BCUT2D eigenvalue weighted by atomic mass is 10.1. The topological polar surface area (TPSA) is 56.6 Å². The predicted octanol–water partition coefficient (Wildman–Crippen LogP) is 3.51. The van der Waals surface area contributed by atoms with E-state index in [1.807, 2.05) is 65.8 Å². The molecule has 0 unspecified atom stereocenters. The first kappa shape index (κ1) is 19.7. The van der Waals surface area contributed by atoms with Crippen LogP contribution in [-0.4, -0.2) is 47.7 Å². The molecule has 0 bridgehead atoms. The average Bonchev–Trinajstić information content (AvgIpc) is 3.05. The lowest BCUT2D eigenvalue weighted by molar-refractivity contribution is -0.131. The van der Waals surface area contributed by atoms with E-state index in [1.165, 1.54) is 0 Å². The predicted molar refractivity (Wildman–Crippen MR) is 110 cm³/mol. The Morgan fingerprint density at radius 3 is 2.43 bits per heavy atom. The highest BCUT2D eigenvalue weighted by molar-refractivity contribution is 5.81. The first-order valence-electron chi connectivity index (χ1n) is 9.54. The van der Waals surface area contributed by atoms with Crippen molar-refractivity contribution in [1.82, 2.24) is 14.5 Å². The third kappa shape index (κ3) is 3.96. The normalized spacial score (nSPS) is 10.9. The second-order valence-corrected chi connectivity index (χ2v) is 6.54. The summed E-state index contributed by atoms with van der Waals surface area (Å²) in [6.45, 7) is 5.68. The Hall–Kier alpha value is -3.02. The van der Waals surface area contributed by atoms with E-state index in [-0.39, 0.29) is 12.5 Å². The van der Waals surface area contributed by atoms with E-state index >= 15 is 0 Å². The Morgan fingerprint density at radius 1 is 1.04 bits per heavy atom. The number of rotatable bonds is 8. The second-order valence-electron chi connectivity index (χ2n) is 6.54. The van der Waals surface area contributed by atoms with Crippen molar-refractivity contribution in [3.63, 3.8) is 0 Å². The van der Waals surface area contributed by atoms with Gasteiger partial charge >= 0.3 is 0 Å². The molecule has 1 heterocycles. The molecule has 0 aliphatic heterocycles. The number of para-hydroxylation sites is 2. The number of fused-ring (bicyclic) bond motifs is 1. The molecule has 0 aliphatic rings. The molecular weight excluding hydrogens is 354 g/mol. The molecule has 0 atom stereocenters. The van der Waals surface area contributed by atoms with Crippen molar-refractivity contribution in [2.75, 3.05) is 27.3 Å². The Kier molecular flexibility index (Phi) is 6.19. The number of methoxy groups -OCH3 is 2. The molecule has 0 saturated carbocycles. The lowest BCUT2D eigenvalue weighted by Gasteiger charge is -2.20. The summed E-state index contributed by atoms with van der Waals surface area (Å²) in [6, 6.07) is 13.8. The standard InChI is InChI=1S/C22H27N3O3/c1-5-24(6-2)22(26)15-25-18-10-8-7-9-17(18)23-21(25)14-16-11-12-19(27-3)20(13-16)28-4/h7-13H,5-6,14-15H2,1-4H3. The van der Waals surface area contributed by atoms with Gasteiger partial charge in [0.25, 0.3) is 0 Å². The van der Waals surface area contributed by atoms with Gasteiger partial charge in [0.15, 0.2) is 11.5 Å². The summed E-state index contributed by atoms with van der Waals surface area (Å²) < 4.78 is 12.8. The zero-order valence-corrected chi connectivity index (χ0v) is 16.9. The van der Waals surface area contributed by atoms with Crippen LogP contribution >= 0.6 is 0 Å². The molecule has 6 nitrogen and oxygen atoms in total. The minimum absolute atomic E-state index is 0.0988. The van der Waals surface area contributed by atoms with Crippen LogP contribution in [0, 0.1) is 0 Å². The minimum Gasteiger partial charge on any atom is -0.493 e. The van der Waals surface area contributed by atoms with Crippen molar-refractivity contribution in [2.45, 2.75) is 26.8 Å². The molecule has 3 rings (SSSR count). The van der Waals surface area contributed by atoms with Crippen molar-refractivity contribution in [3.8, 4) is 11.5 Å². The number of hydrogen-bond donors (Lipinski definition) is 0. The van der Waals surface area contributed by atoms with Crippen LogP contribution in [0.4, 0.5) is 0 Å². The van der Waals surface area contributed by atoms with Crippen molar-refractivity contribution >= 4 is 16.9 Å². The van der Waals surface area contributed by atoms with Crippen LogP contribution in [0.1, 0.15) is 25.2 Å². The summed E-state index contributed by atoms with van der Waals surface area (Å²) in [4.78, 5) is 19.4. The van der Waals surface area contributed by atoms with Crippen LogP contribution < -0.4 is 9.47 Å². The van der Waals surface area contributed by atoms with E-state index in [0.29, 0.717) is 31.0 Å². The van der Waals surface area contributed by atoms with E-state index in [2.05, 4.69) is 0 Å². The highest BCUT2D eigenvalue weighted by Crippen LogP contribution is 2.29. The number of nitrogens with zero attached hydrogens (tertiary/aromatic N) is 3. The number of aromatic nitrogens is 2. The number of hydrogen-bond acceptors (Lipinski definition) is 4. The average molecular weight is 381 g/mol.